The Morgan fingerprint density at radius 2 is 2.06 bits per heavy atom. The van der Waals surface area contributed by atoms with Gasteiger partial charge in [-0.15, -0.1) is 11.8 Å². The highest BCUT2D eigenvalue weighted by molar-refractivity contribution is 7.98. The van der Waals surface area contributed by atoms with Crippen molar-refractivity contribution in [2.75, 3.05) is 12.2 Å². The molecule has 0 heterocycles. The first kappa shape index (κ1) is 12.6. The maximum absolute atomic E-state index is 11.0. The maximum atomic E-state index is 11.0. The van der Waals surface area contributed by atoms with Gasteiger partial charge in [-0.1, -0.05) is 0 Å². The van der Waals surface area contributed by atoms with E-state index < -0.39 is 6.09 Å². The van der Waals surface area contributed by atoms with Crippen LogP contribution in [0.1, 0.15) is 38.5 Å². The SMILES string of the molecule is CSCOC12CC3CC(CC(NC(=O)O)(C3)C1)C2. The molecule has 4 saturated carbocycles. The number of hydrogen-bond acceptors (Lipinski definition) is 3. The lowest BCUT2D eigenvalue weighted by Gasteiger charge is -2.61. The Kier molecular flexibility index (Phi) is 3.01. The third kappa shape index (κ3) is 2.11. The summed E-state index contributed by atoms with van der Waals surface area (Å²) in [4.78, 5) is 11.0. The summed E-state index contributed by atoms with van der Waals surface area (Å²) >= 11 is 1.70. The molecule has 4 rings (SSSR count). The summed E-state index contributed by atoms with van der Waals surface area (Å²) in [5, 5.41) is 11.9. The highest BCUT2D eigenvalue weighted by Crippen LogP contribution is 2.58. The number of amides is 1. The van der Waals surface area contributed by atoms with Crippen LogP contribution in [0, 0.1) is 11.8 Å². The molecule has 4 bridgehead atoms. The molecule has 2 unspecified atom stereocenters. The average Bonchev–Trinajstić information content (AvgIpc) is 2.22. The second-order valence-corrected chi connectivity index (χ2v) is 7.22. The van der Waals surface area contributed by atoms with Gasteiger partial charge in [0.2, 0.25) is 0 Å². The van der Waals surface area contributed by atoms with Gasteiger partial charge in [0, 0.05) is 5.54 Å². The fraction of sp³-hybridized carbons (Fsp3) is 0.923. The third-order valence-electron chi connectivity index (χ3n) is 4.86. The first-order valence-corrected chi connectivity index (χ1v) is 8.08. The van der Waals surface area contributed by atoms with Crippen LogP contribution in [0.3, 0.4) is 0 Å². The average molecular weight is 271 g/mol. The minimum Gasteiger partial charge on any atom is -0.465 e. The monoisotopic (exact) mass is 271 g/mol. The van der Waals surface area contributed by atoms with Crippen molar-refractivity contribution in [3.63, 3.8) is 0 Å². The van der Waals surface area contributed by atoms with Gasteiger partial charge in [-0.3, -0.25) is 0 Å². The van der Waals surface area contributed by atoms with E-state index in [0.29, 0.717) is 11.8 Å². The summed E-state index contributed by atoms with van der Waals surface area (Å²) in [6, 6.07) is 0. The number of rotatable bonds is 4. The number of ether oxygens (including phenoxy) is 1. The molecule has 2 N–H and O–H groups in total. The highest BCUT2D eigenvalue weighted by Gasteiger charge is 2.59. The predicted octanol–water partition coefficient (Wildman–Crippen LogP) is 2.68. The van der Waals surface area contributed by atoms with Gasteiger partial charge in [-0.05, 0) is 56.6 Å². The van der Waals surface area contributed by atoms with Crippen LogP contribution in [0.5, 0.6) is 0 Å². The summed E-state index contributed by atoms with van der Waals surface area (Å²) in [6.07, 6.45) is 7.61. The lowest BCUT2D eigenvalue weighted by molar-refractivity contribution is -0.162. The molecule has 4 aliphatic rings. The first-order valence-electron chi connectivity index (χ1n) is 6.69. The Bertz CT molecular complexity index is 346. The standard InChI is InChI=1S/C13H21NO3S/c1-18-8-17-13-5-9-2-10(6-13)4-12(3-9,7-13)14-11(15)16/h9-10,14H,2-8H2,1H3,(H,15,16). The first-order chi connectivity index (χ1) is 8.55. The molecule has 5 heteroatoms. The topological polar surface area (TPSA) is 58.6 Å². The number of thioether (sulfide) groups is 1. The molecule has 102 valence electrons. The Morgan fingerprint density at radius 3 is 2.61 bits per heavy atom. The summed E-state index contributed by atoms with van der Waals surface area (Å²) < 4.78 is 6.13. The molecule has 4 nitrogen and oxygen atoms in total. The molecule has 1 amide bonds. The van der Waals surface area contributed by atoms with E-state index in [1.807, 2.05) is 6.26 Å². The van der Waals surface area contributed by atoms with Crippen LogP contribution < -0.4 is 5.32 Å². The summed E-state index contributed by atoms with van der Waals surface area (Å²) in [5.74, 6) is 2.03. The van der Waals surface area contributed by atoms with Crippen LogP contribution in [-0.2, 0) is 4.74 Å². The Labute approximate surface area is 112 Å². The lowest BCUT2D eigenvalue weighted by Crippen LogP contribution is -2.66. The summed E-state index contributed by atoms with van der Waals surface area (Å²) in [7, 11) is 0. The van der Waals surface area contributed by atoms with Crippen molar-refractivity contribution in [3.8, 4) is 0 Å². The third-order valence-corrected chi connectivity index (χ3v) is 5.22. The van der Waals surface area contributed by atoms with E-state index in [-0.39, 0.29) is 11.1 Å². The summed E-state index contributed by atoms with van der Waals surface area (Å²) in [6.45, 7) is 0. The molecule has 4 aliphatic carbocycles. The molecule has 18 heavy (non-hydrogen) atoms. The van der Waals surface area contributed by atoms with Crippen molar-refractivity contribution >= 4 is 17.9 Å². The second-order valence-electron chi connectivity index (χ2n) is 6.41. The van der Waals surface area contributed by atoms with Gasteiger partial charge in [0.05, 0.1) is 11.5 Å². The quantitative estimate of drug-likeness (QED) is 0.772. The largest absolute Gasteiger partial charge is 0.465 e. The van der Waals surface area contributed by atoms with Gasteiger partial charge in [0.25, 0.3) is 0 Å². The van der Waals surface area contributed by atoms with E-state index >= 15 is 0 Å². The van der Waals surface area contributed by atoms with Crippen molar-refractivity contribution in [1.82, 2.24) is 5.32 Å². The fourth-order valence-corrected chi connectivity index (χ4v) is 5.27. The lowest BCUT2D eigenvalue weighted by atomic mass is 9.51. The van der Waals surface area contributed by atoms with Gasteiger partial charge >= 0.3 is 6.09 Å². The van der Waals surface area contributed by atoms with Crippen LogP contribution in [0.4, 0.5) is 4.79 Å². The van der Waals surface area contributed by atoms with Gasteiger partial charge in [-0.2, -0.15) is 0 Å². The van der Waals surface area contributed by atoms with E-state index in [0.717, 1.165) is 38.0 Å². The molecule has 0 saturated heterocycles. The van der Waals surface area contributed by atoms with Gasteiger partial charge in [0.15, 0.2) is 0 Å². The van der Waals surface area contributed by atoms with Crippen molar-refractivity contribution in [2.45, 2.75) is 49.7 Å². The minimum absolute atomic E-state index is 0.0461. The smallest absolute Gasteiger partial charge is 0.405 e. The predicted molar refractivity (Wildman–Crippen MR) is 70.8 cm³/mol. The van der Waals surface area contributed by atoms with E-state index in [9.17, 15) is 4.79 Å². The Morgan fingerprint density at radius 1 is 1.39 bits per heavy atom. The summed E-state index contributed by atoms with van der Waals surface area (Å²) in [5.41, 5.74) is -0.246. The van der Waals surface area contributed by atoms with Crippen LogP contribution >= 0.6 is 11.8 Å². The molecule has 0 aromatic rings. The zero-order chi connectivity index (χ0) is 12.8. The minimum atomic E-state index is -0.878. The number of nitrogens with one attached hydrogen (secondary N) is 1. The van der Waals surface area contributed by atoms with E-state index in [1.54, 1.807) is 11.8 Å². The van der Waals surface area contributed by atoms with Crippen LogP contribution in [0.25, 0.3) is 0 Å². The van der Waals surface area contributed by atoms with E-state index in [2.05, 4.69) is 5.32 Å². The molecule has 0 aliphatic heterocycles. The zero-order valence-corrected chi connectivity index (χ0v) is 11.6. The van der Waals surface area contributed by atoms with Crippen molar-refractivity contribution in [2.24, 2.45) is 11.8 Å². The fourth-order valence-electron chi connectivity index (χ4n) is 4.90. The Balaban J connectivity index is 1.81. The maximum Gasteiger partial charge on any atom is 0.405 e. The molecule has 4 fully saturated rings. The van der Waals surface area contributed by atoms with Crippen molar-refractivity contribution in [3.05, 3.63) is 0 Å². The van der Waals surface area contributed by atoms with E-state index in [4.69, 9.17) is 9.84 Å². The molecular weight excluding hydrogens is 250 g/mol. The second kappa shape index (κ2) is 4.30. The molecule has 0 aromatic heterocycles. The molecule has 0 aromatic carbocycles. The van der Waals surface area contributed by atoms with Gasteiger partial charge < -0.3 is 15.2 Å². The van der Waals surface area contributed by atoms with Crippen LogP contribution in [0.15, 0.2) is 0 Å². The number of hydrogen-bond donors (Lipinski definition) is 2. The van der Waals surface area contributed by atoms with Crippen LogP contribution in [-0.4, -0.2) is 34.5 Å². The highest BCUT2D eigenvalue weighted by atomic mass is 32.2. The van der Waals surface area contributed by atoms with Gasteiger partial charge in [0.1, 0.15) is 0 Å². The molecule has 0 spiro atoms. The van der Waals surface area contributed by atoms with E-state index in [1.165, 1.54) is 6.42 Å². The number of carboxylic acid groups (broad SMARTS) is 1. The van der Waals surface area contributed by atoms with Crippen molar-refractivity contribution < 1.29 is 14.6 Å². The molecule has 0 radical (unpaired) electrons. The van der Waals surface area contributed by atoms with Crippen LogP contribution in [0.2, 0.25) is 0 Å². The number of carbonyl (C=O) groups is 1. The van der Waals surface area contributed by atoms with Crippen molar-refractivity contribution in [1.29, 1.82) is 0 Å². The zero-order valence-electron chi connectivity index (χ0n) is 10.8. The molecule has 2 atom stereocenters. The Hall–Kier alpha value is -0.420. The van der Waals surface area contributed by atoms with Gasteiger partial charge in [-0.25, -0.2) is 4.79 Å². The normalized spacial score (nSPS) is 45.2. The molecular formula is C13H21NO3S.